The van der Waals surface area contributed by atoms with Crippen molar-refractivity contribution in [2.24, 2.45) is 5.73 Å². The summed E-state index contributed by atoms with van der Waals surface area (Å²) in [6.45, 7) is 4.47. The summed E-state index contributed by atoms with van der Waals surface area (Å²) in [7, 11) is 0. The van der Waals surface area contributed by atoms with Gasteiger partial charge in [0, 0.05) is 24.7 Å². The van der Waals surface area contributed by atoms with Crippen molar-refractivity contribution < 1.29 is 9.59 Å². The number of nitrogens with zero attached hydrogens (tertiary/aromatic N) is 2. The number of carbonyl (C=O) groups excluding carboxylic acids is 2. The molecule has 3 rings (SSSR count). The van der Waals surface area contributed by atoms with E-state index in [9.17, 15) is 9.59 Å². The number of primary amides is 1. The number of nitrogens with two attached hydrogens (primary N) is 1. The normalized spacial score (nSPS) is 23.2. The van der Waals surface area contributed by atoms with Gasteiger partial charge in [-0.15, -0.1) is 0 Å². The first-order valence-corrected chi connectivity index (χ1v) is 8.47. The number of hydrogen-bond acceptors (Lipinski definition) is 3. The number of rotatable bonds is 3. The summed E-state index contributed by atoms with van der Waals surface area (Å²) in [4.78, 5) is 28.3. The Kier molecular flexibility index (Phi) is 4.66. The van der Waals surface area contributed by atoms with Crippen molar-refractivity contribution in [1.29, 1.82) is 0 Å². The van der Waals surface area contributed by atoms with E-state index in [1.54, 1.807) is 0 Å². The van der Waals surface area contributed by atoms with Gasteiger partial charge < -0.3 is 10.6 Å². The van der Waals surface area contributed by atoms with Gasteiger partial charge >= 0.3 is 0 Å². The van der Waals surface area contributed by atoms with Crippen LogP contribution in [0.25, 0.3) is 0 Å². The molecular formula is C18H25N3O2. The summed E-state index contributed by atoms with van der Waals surface area (Å²) >= 11 is 0. The van der Waals surface area contributed by atoms with Crippen LogP contribution >= 0.6 is 0 Å². The van der Waals surface area contributed by atoms with Crippen LogP contribution in [0, 0.1) is 6.92 Å². The molecule has 2 aliphatic heterocycles. The largest absolute Gasteiger partial charge is 0.368 e. The first-order valence-electron chi connectivity index (χ1n) is 8.47. The molecular weight excluding hydrogens is 290 g/mol. The van der Waals surface area contributed by atoms with Crippen molar-refractivity contribution in [2.75, 3.05) is 19.6 Å². The molecule has 0 radical (unpaired) electrons. The fourth-order valence-corrected chi connectivity index (χ4v) is 3.81. The monoisotopic (exact) mass is 315 g/mol. The number of aryl methyl sites for hydroxylation is 1. The second-order valence-corrected chi connectivity index (χ2v) is 6.69. The molecule has 0 bridgehead atoms. The van der Waals surface area contributed by atoms with Gasteiger partial charge in [0.25, 0.3) is 5.91 Å². The van der Waals surface area contributed by atoms with Crippen molar-refractivity contribution in [2.45, 2.75) is 44.7 Å². The van der Waals surface area contributed by atoms with E-state index in [4.69, 9.17) is 5.73 Å². The molecule has 2 aliphatic rings. The second-order valence-electron chi connectivity index (χ2n) is 6.69. The lowest BCUT2D eigenvalue weighted by Gasteiger charge is -2.38. The number of hydrogen-bond donors (Lipinski definition) is 1. The molecule has 124 valence electrons. The quantitative estimate of drug-likeness (QED) is 0.920. The molecule has 2 amide bonds. The van der Waals surface area contributed by atoms with Crippen molar-refractivity contribution in [1.82, 2.24) is 9.80 Å². The third kappa shape index (κ3) is 3.39. The maximum absolute atomic E-state index is 12.5. The van der Waals surface area contributed by atoms with Crippen LogP contribution in [0.3, 0.4) is 0 Å². The summed E-state index contributed by atoms with van der Waals surface area (Å²) in [5.41, 5.74) is 7.43. The Balaban J connectivity index is 1.59. The van der Waals surface area contributed by atoms with Crippen molar-refractivity contribution >= 4 is 11.8 Å². The molecule has 0 aliphatic carbocycles. The molecule has 2 fully saturated rings. The Morgan fingerprint density at radius 2 is 1.70 bits per heavy atom. The van der Waals surface area contributed by atoms with Crippen LogP contribution in [-0.4, -0.2) is 53.3 Å². The van der Waals surface area contributed by atoms with Gasteiger partial charge in [-0.05, 0) is 51.3 Å². The van der Waals surface area contributed by atoms with Crippen LogP contribution in [0.4, 0.5) is 0 Å². The topological polar surface area (TPSA) is 66.6 Å². The minimum absolute atomic E-state index is 0.108. The molecule has 23 heavy (non-hydrogen) atoms. The minimum atomic E-state index is -0.208. The van der Waals surface area contributed by atoms with Gasteiger partial charge in [-0.2, -0.15) is 0 Å². The highest BCUT2D eigenvalue weighted by molar-refractivity contribution is 5.94. The lowest BCUT2D eigenvalue weighted by atomic mass is 10.0. The van der Waals surface area contributed by atoms with Crippen LogP contribution < -0.4 is 5.73 Å². The van der Waals surface area contributed by atoms with Crippen LogP contribution in [0.5, 0.6) is 0 Å². The van der Waals surface area contributed by atoms with Crippen LogP contribution in [0.2, 0.25) is 0 Å². The standard InChI is InChI=1S/C18H25N3O2/c1-13-4-6-14(7-5-13)18(23)20-11-8-15(9-12-20)21-10-2-3-16(21)17(19)22/h4-7,15-16H,2-3,8-12H2,1H3,(H2,19,22)/t16-/m1/s1. The highest BCUT2D eigenvalue weighted by atomic mass is 16.2. The zero-order chi connectivity index (χ0) is 16.4. The van der Waals surface area contributed by atoms with E-state index in [1.165, 1.54) is 0 Å². The predicted octanol–water partition coefficient (Wildman–Crippen LogP) is 1.55. The van der Waals surface area contributed by atoms with Crippen molar-refractivity contribution in [3.8, 4) is 0 Å². The average Bonchev–Trinajstić information content (AvgIpc) is 3.05. The summed E-state index contributed by atoms with van der Waals surface area (Å²) in [6.07, 6.45) is 3.75. The number of amides is 2. The number of piperidine rings is 1. The molecule has 1 aromatic rings. The SMILES string of the molecule is Cc1ccc(C(=O)N2CCC(N3CCC[C@@H]3C(N)=O)CC2)cc1. The molecule has 5 heteroatoms. The second kappa shape index (κ2) is 6.71. The van der Waals surface area contributed by atoms with E-state index in [1.807, 2.05) is 36.1 Å². The summed E-state index contributed by atoms with van der Waals surface area (Å²) in [6, 6.07) is 8.00. The highest BCUT2D eigenvalue weighted by Gasteiger charge is 2.36. The maximum atomic E-state index is 12.5. The summed E-state index contributed by atoms with van der Waals surface area (Å²) < 4.78 is 0. The molecule has 2 N–H and O–H groups in total. The average molecular weight is 315 g/mol. The lowest BCUT2D eigenvalue weighted by Crippen LogP contribution is -2.51. The molecule has 2 saturated heterocycles. The minimum Gasteiger partial charge on any atom is -0.368 e. The molecule has 2 heterocycles. The van der Waals surface area contributed by atoms with Gasteiger partial charge in [-0.1, -0.05) is 17.7 Å². The Morgan fingerprint density at radius 1 is 1.04 bits per heavy atom. The Labute approximate surface area is 137 Å². The Bertz CT molecular complexity index is 576. The molecule has 0 saturated carbocycles. The number of likely N-dealkylation sites (tertiary alicyclic amines) is 2. The third-order valence-corrected chi connectivity index (χ3v) is 5.14. The molecule has 0 aromatic heterocycles. The first-order chi connectivity index (χ1) is 11.1. The lowest BCUT2D eigenvalue weighted by molar-refractivity contribution is -0.123. The van der Waals surface area contributed by atoms with Gasteiger partial charge in [-0.3, -0.25) is 14.5 Å². The predicted molar refractivity (Wildman–Crippen MR) is 89.0 cm³/mol. The van der Waals surface area contributed by atoms with Gasteiger partial charge in [0.15, 0.2) is 0 Å². The Morgan fingerprint density at radius 3 is 2.30 bits per heavy atom. The molecule has 5 nitrogen and oxygen atoms in total. The van der Waals surface area contributed by atoms with Gasteiger partial charge in [-0.25, -0.2) is 0 Å². The van der Waals surface area contributed by atoms with Gasteiger partial charge in [0.05, 0.1) is 6.04 Å². The molecule has 1 aromatic carbocycles. The maximum Gasteiger partial charge on any atom is 0.253 e. The zero-order valence-corrected chi connectivity index (χ0v) is 13.7. The van der Waals surface area contributed by atoms with E-state index >= 15 is 0 Å². The van der Waals surface area contributed by atoms with E-state index < -0.39 is 0 Å². The highest BCUT2D eigenvalue weighted by Crippen LogP contribution is 2.26. The van der Waals surface area contributed by atoms with Crippen LogP contribution in [0.1, 0.15) is 41.6 Å². The van der Waals surface area contributed by atoms with E-state index in [2.05, 4.69) is 4.90 Å². The van der Waals surface area contributed by atoms with E-state index in [0.29, 0.717) is 6.04 Å². The van der Waals surface area contributed by atoms with Crippen molar-refractivity contribution in [3.05, 3.63) is 35.4 Å². The fourth-order valence-electron chi connectivity index (χ4n) is 3.81. The molecule has 0 unspecified atom stereocenters. The van der Waals surface area contributed by atoms with E-state index in [0.717, 1.165) is 56.4 Å². The smallest absolute Gasteiger partial charge is 0.253 e. The number of carbonyl (C=O) groups is 2. The summed E-state index contributed by atoms with van der Waals surface area (Å²) in [5.74, 6) is -0.100. The summed E-state index contributed by atoms with van der Waals surface area (Å²) in [5, 5.41) is 0. The number of benzene rings is 1. The van der Waals surface area contributed by atoms with Crippen molar-refractivity contribution in [3.63, 3.8) is 0 Å². The van der Waals surface area contributed by atoms with Gasteiger partial charge in [0.2, 0.25) is 5.91 Å². The van der Waals surface area contributed by atoms with Gasteiger partial charge in [0.1, 0.15) is 0 Å². The molecule has 0 spiro atoms. The third-order valence-electron chi connectivity index (χ3n) is 5.14. The van der Waals surface area contributed by atoms with Crippen LogP contribution in [-0.2, 0) is 4.79 Å². The van der Waals surface area contributed by atoms with Crippen LogP contribution in [0.15, 0.2) is 24.3 Å². The van der Waals surface area contributed by atoms with E-state index in [-0.39, 0.29) is 17.9 Å². The first kappa shape index (κ1) is 16.0. The molecule has 1 atom stereocenters. The fraction of sp³-hybridized carbons (Fsp3) is 0.556. The zero-order valence-electron chi connectivity index (χ0n) is 13.7. The Hall–Kier alpha value is -1.88.